The molecule has 9 rings (SSSR count). The van der Waals surface area contributed by atoms with Gasteiger partial charge in [-0.1, -0.05) is 149 Å². The van der Waals surface area contributed by atoms with Gasteiger partial charge in [0, 0.05) is 56.2 Å². The second-order valence-electron chi connectivity index (χ2n) is 14.5. The number of nitrogens with one attached hydrogen (secondary N) is 1. The number of amidine groups is 1. The van der Waals surface area contributed by atoms with Crippen LogP contribution in [-0.4, -0.2) is 42.3 Å². The van der Waals surface area contributed by atoms with Gasteiger partial charge in [-0.25, -0.2) is 9.97 Å². The number of carbonyl (C=O) groups is 1. The largest absolute Gasteiger partial charge is 0.380 e. The first-order chi connectivity index (χ1) is 33.7. The number of aromatic amines is 1. The van der Waals surface area contributed by atoms with E-state index >= 15 is 0 Å². The molecule has 63 heavy (non-hydrogen) atoms. The van der Waals surface area contributed by atoms with Crippen molar-refractivity contribution in [2.45, 2.75) is 39.5 Å². The Balaban J connectivity index is 0.000000463. The zero-order valence-corrected chi connectivity index (χ0v) is 35.6. The molecule has 0 radical (unpaired) electrons. The molecule has 0 fully saturated rings. The normalized spacial score (nSPS) is 11.0. The molecule has 0 unspecified atom stereocenters. The van der Waals surface area contributed by atoms with Crippen molar-refractivity contribution in [1.29, 1.82) is 5.26 Å². The van der Waals surface area contributed by atoms with E-state index in [2.05, 4.69) is 117 Å². The van der Waals surface area contributed by atoms with E-state index in [1.807, 2.05) is 103 Å². The van der Waals surface area contributed by atoms with Crippen LogP contribution in [0, 0.1) is 11.3 Å². The smallest absolute Gasteiger partial charge is 0.181 e. The number of hydrazone groups is 1. The zero-order valence-electron chi connectivity index (χ0n) is 41.6. The van der Waals surface area contributed by atoms with E-state index in [1.165, 1.54) is 11.1 Å². The second kappa shape index (κ2) is 23.0. The van der Waals surface area contributed by atoms with Crippen molar-refractivity contribution in [3.63, 3.8) is 0 Å². The van der Waals surface area contributed by atoms with Crippen LogP contribution in [0.15, 0.2) is 163 Å². The summed E-state index contributed by atoms with van der Waals surface area (Å²) in [4.78, 5) is 27.5. The van der Waals surface area contributed by atoms with E-state index in [-0.39, 0.29) is 7.26 Å². The Bertz CT molecular complexity index is 2950. The van der Waals surface area contributed by atoms with Gasteiger partial charge in [0.1, 0.15) is 29.4 Å². The first-order valence-electron chi connectivity index (χ1n) is 23.1. The Morgan fingerprint density at radius 2 is 1.17 bits per heavy atom. The minimum Gasteiger partial charge on any atom is -0.380 e. The van der Waals surface area contributed by atoms with Gasteiger partial charge >= 0.3 is 0 Å². The van der Waals surface area contributed by atoms with Crippen molar-refractivity contribution >= 4 is 44.4 Å². The third-order valence-electron chi connectivity index (χ3n) is 9.79. The number of carbonyl (C=O) groups excluding carboxylic acids is 1. The van der Waals surface area contributed by atoms with Gasteiger partial charge in [-0.3, -0.25) is 31.5 Å². The van der Waals surface area contributed by atoms with Gasteiger partial charge in [-0.15, -0.1) is 0 Å². The predicted molar refractivity (Wildman–Crippen MR) is 263 cm³/mol. The number of hydrogen-bond donors (Lipinski definition) is 5. The number of fused-ring (bicyclic) bond motifs is 3. The Morgan fingerprint density at radius 1 is 0.683 bits per heavy atom. The number of pyridine rings is 3. The van der Waals surface area contributed by atoms with Gasteiger partial charge in [0.15, 0.2) is 17.5 Å². The number of aromatic nitrogens is 6. The van der Waals surface area contributed by atoms with E-state index in [0.29, 0.717) is 34.9 Å². The van der Waals surface area contributed by atoms with Gasteiger partial charge in [0.2, 0.25) is 0 Å². The van der Waals surface area contributed by atoms with Crippen LogP contribution in [0.3, 0.4) is 0 Å². The number of nitriles is 1. The van der Waals surface area contributed by atoms with Gasteiger partial charge < -0.3 is 11.6 Å². The van der Waals surface area contributed by atoms with E-state index in [4.69, 9.17) is 25.7 Å². The molecule has 0 saturated carbocycles. The molecule has 0 aliphatic carbocycles. The molecule has 4 aromatic heterocycles. The molecule has 0 atom stereocenters. The standard InChI is InChI=1S/C20H18N4.C10H10N4.C10H6N2.C10H12O.H4N2.4H2/c1-13(2)14-7-9-16(10-8-14)19-22-20(24-23-19)18-17-6-4-3-5-15(17)11-12-21-18;11-10(14-12)9-8-4-2-1-3-7(8)5-6-13-9;11-7-10-9-4-2-1-3-8(9)5-6-12-10;1-8(2)10-5-3-9(7-11)4-6-10;1-2;;;;/h3-13H,1-2H3,(H,22,23,24);1-6H,12H2,(H2,11,14);1-6H;3-8H,1-2H3;1-2H2;4*1H/i;;;;;3*1+2T;1+2. The summed E-state index contributed by atoms with van der Waals surface area (Å²) in [5, 5.41) is 25.8. The molecule has 13 nitrogen and oxygen atoms in total. The van der Waals surface area contributed by atoms with Crippen molar-refractivity contribution in [2.24, 2.45) is 28.4 Å². The van der Waals surface area contributed by atoms with E-state index < -0.39 is 0 Å². The van der Waals surface area contributed by atoms with Crippen molar-refractivity contribution < 1.29 is 15.1 Å². The van der Waals surface area contributed by atoms with Crippen LogP contribution in [-0.2, 0) is 0 Å². The van der Waals surface area contributed by atoms with Crippen LogP contribution >= 0.6 is 0 Å². The Kier molecular flexibility index (Phi) is 15.2. The fourth-order valence-corrected chi connectivity index (χ4v) is 6.38. The predicted octanol–water partition coefficient (Wildman–Crippen LogP) is 10.2. The lowest BCUT2D eigenvalue weighted by molar-refractivity contribution is 0.112. The van der Waals surface area contributed by atoms with Crippen molar-refractivity contribution in [3.8, 4) is 29.0 Å². The number of nitrogens with two attached hydrogens (primary N) is 4. The van der Waals surface area contributed by atoms with Gasteiger partial charge in [0.05, 0.1) is 0 Å². The molecule has 5 aromatic carbocycles. The SMILES string of the molecule is CC(C)c1ccc(-c2n[nH]c(-c3nccc4ccccc34)n2)cc1.CC(C)c1ccc(C=O)cc1.N#Cc1nccc2ccccc12.N/N=C(\N)c1nccc2ccccc12.NN.[3HH].[3H][3H].[3H][3H].[3H][3H]. The van der Waals surface area contributed by atoms with Crippen molar-refractivity contribution in [2.75, 3.05) is 0 Å². The molecule has 0 saturated heterocycles. The van der Waals surface area contributed by atoms with Gasteiger partial charge in [-0.05, 0) is 57.3 Å². The average Bonchev–Trinajstić information content (AvgIpc) is 3.93. The van der Waals surface area contributed by atoms with Crippen molar-refractivity contribution in [3.05, 3.63) is 186 Å². The number of H-pyrrole nitrogens is 1. The van der Waals surface area contributed by atoms with Crippen LogP contribution < -0.4 is 23.3 Å². The lowest BCUT2D eigenvalue weighted by atomic mass is 10.0. The number of nitrogens with zero attached hydrogens (tertiary/aromatic N) is 7. The number of hydrazine groups is 1. The van der Waals surface area contributed by atoms with Crippen LogP contribution in [0.4, 0.5) is 0 Å². The third-order valence-corrected chi connectivity index (χ3v) is 9.79. The molecular weight excluding hydrogens is 785 g/mol. The number of hydrogen-bond acceptors (Lipinski definition) is 11. The molecule has 0 aliphatic rings. The molecule has 0 bridgehead atoms. The lowest BCUT2D eigenvalue weighted by Gasteiger charge is -2.04. The highest BCUT2D eigenvalue weighted by Gasteiger charge is 2.12. The van der Waals surface area contributed by atoms with Gasteiger partial charge in [0.25, 0.3) is 0 Å². The molecule has 13 heteroatoms. The summed E-state index contributed by atoms with van der Waals surface area (Å²) in [6.07, 6.45) is 6.01. The number of aldehydes is 1. The highest BCUT2D eigenvalue weighted by molar-refractivity contribution is 6.07. The molecular formula is C50H58N12O. The van der Waals surface area contributed by atoms with E-state index in [9.17, 15) is 4.79 Å². The molecule has 4 heterocycles. The first-order valence-corrected chi connectivity index (χ1v) is 20.1. The maximum atomic E-state index is 10.3. The highest BCUT2D eigenvalue weighted by atomic mass is 16.1. The van der Waals surface area contributed by atoms with Crippen LogP contribution in [0.5, 0.6) is 0 Å². The fourth-order valence-electron chi connectivity index (χ4n) is 6.38. The summed E-state index contributed by atoms with van der Waals surface area (Å²) in [5.41, 5.74) is 11.9. The monoisotopic (exact) mass is 857 g/mol. The second-order valence-corrected chi connectivity index (χ2v) is 14.5. The molecule has 0 aliphatic heterocycles. The fraction of sp³-hybridized carbons (Fsp3) is 0.120. The summed E-state index contributed by atoms with van der Waals surface area (Å²) >= 11 is 0. The zero-order chi connectivity index (χ0) is 51.1. The molecule has 9 N–H and O–H groups in total. The molecule has 324 valence electrons. The number of benzene rings is 5. The van der Waals surface area contributed by atoms with Crippen LogP contribution in [0.25, 0.3) is 55.2 Å². The topological polar surface area (TPSA) is 238 Å². The summed E-state index contributed by atoms with van der Waals surface area (Å²) in [6, 6.07) is 47.7. The lowest BCUT2D eigenvalue weighted by Crippen LogP contribution is -2.17. The first kappa shape index (κ1) is 41.5. The Hall–Kier alpha value is -8.18. The van der Waals surface area contributed by atoms with Gasteiger partial charge in [-0.2, -0.15) is 15.5 Å². The highest BCUT2D eigenvalue weighted by Crippen LogP contribution is 2.26. The maximum absolute atomic E-state index is 10.3. The Morgan fingerprint density at radius 3 is 1.73 bits per heavy atom. The minimum atomic E-state index is 0. The molecule has 0 spiro atoms. The third kappa shape index (κ3) is 12.0. The van der Waals surface area contributed by atoms with E-state index in [1.54, 1.807) is 18.6 Å². The summed E-state index contributed by atoms with van der Waals surface area (Å²) in [6.45, 7) is 8.64. The summed E-state index contributed by atoms with van der Waals surface area (Å²) in [5.74, 6) is 15.8. The number of rotatable bonds is 6. The summed E-state index contributed by atoms with van der Waals surface area (Å²) < 4.78 is 30.0. The van der Waals surface area contributed by atoms with Crippen LogP contribution in [0.2, 0.25) is 0 Å². The molecule has 9 aromatic rings. The van der Waals surface area contributed by atoms with Crippen LogP contribution in [0.1, 0.15) is 82.7 Å². The van der Waals surface area contributed by atoms with E-state index in [0.717, 1.165) is 55.4 Å². The van der Waals surface area contributed by atoms with Crippen molar-refractivity contribution in [1.82, 2.24) is 30.1 Å². The summed E-state index contributed by atoms with van der Waals surface area (Å²) in [7, 11) is 0. The maximum Gasteiger partial charge on any atom is 0.181 e. The average molecular weight is 857 g/mol. The quantitative estimate of drug-likeness (QED) is 0.0347. The Labute approximate surface area is 377 Å². The minimum absolute atomic E-state index is 0. The molecule has 0 amide bonds.